The summed E-state index contributed by atoms with van der Waals surface area (Å²) in [6.07, 6.45) is 0. The molecule has 0 amide bonds. The molecule has 4 heteroatoms. The first-order valence-corrected chi connectivity index (χ1v) is 2.73. The molecule has 1 heterocycles. The van der Waals surface area contributed by atoms with E-state index in [4.69, 9.17) is 15.7 Å². The molecule has 0 fully saturated rings. The minimum atomic E-state index is 0.121. The molecular formula is C6H5NO3. The Bertz CT molecular complexity index is 285. The summed E-state index contributed by atoms with van der Waals surface area (Å²) in [7, 11) is 0. The quantitative estimate of drug-likeness (QED) is 0.452. The van der Waals surface area contributed by atoms with Crippen LogP contribution in [-0.2, 0) is 0 Å². The minimum Gasteiger partial charge on any atom is -0.504 e. The van der Waals surface area contributed by atoms with Crippen LogP contribution in [0.25, 0.3) is 0 Å². The molecular weight excluding hydrogens is 134 g/mol. The Morgan fingerprint density at radius 3 is 2.90 bits per heavy atom. The van der Waals surface area contributed by atoms with Crippen molar-refractivity contribution in [1.82, 2.24) is 0 Å². The van der Waals surface area contributed by atoms with Crippen molar-refractivity contribution in [2.75, 3.05) is 0 Å². The van der Waals surface area contributed by atoms with Gasteiger partial charge in [0.1, 0.15) is 0 Å². The Labute approximate surface area is 56.7 Å². The lowest BCUT2D eigenvalue weighted by Crippen LogP contribution is -2.00. The van der Waals surface area contributed by atoms with E-state index in [-0.39, 0.29) is 5.75 Å². The van der Waals surface area contributed by atoms with Crippen LogP contribution in [-0.4, -0.2) is 5.11 Å². The third-order valence-electron chi connectivity index (χ3n) is 1.34. The van der Waals surface area contributed by atoms with Gasteiger partial charge in [0.05, 0.1) is 0 Å². The van der Waals surface area contributed by atoms with E-state index in [9.17, 15) is 0 Å². The average molecular weight is 139 g/mol. The van der Waals surface area contributed by atoms with Crippen molar-refractivity contribution >= 4 is 0 Å². The second-order valence-electron chi connectivity index (χ2n) is 1.96. The van der Waals surface area contributed by atoms with E-state index >= 15 is 0 Å². The number of hydrogen-bond donors (Lipinski definition) is 2. The largest absolute Gasteiger partial charge is 0.504 e. The first kappa shape index (κ1) is 5.37. The maximum Gasteiger partial charge on any atom is 0.218 e. The van der Waals surface area contributed by atoms with E-state index < -0.39 is 0 Å². The lowest BCUT2D eigenvalue weighted by atomic mass is 10.3. The fourth-order valence-electron chi connectivity index (χ4n) is 0.806. The fraction of sp³-hybridized carbons (Fsp3) is 0. The number of phenols is 1. The van der Waals surface area contributed by atoms with Crippen LogP contribution in [0.15, 0.2) is 12.1 Å². The number of ether oxygens (including phenoxy) is 1. The number of benzene rings is 1. The molecule has 2 rings (SSSR count). The second kappa shape index (κ2) is 1.54. The molecule has 1 aromatic rings. The Morgan fingerprint density at radius 1 is 1.40 bits per heavy atom. The van der Waals surface area contributed by atoms with Gasteiger partial charge in [0.2, 0.25) is 11.5 Å². The van der Waals surface area contributed by atoms with E-state index in [1.54, 1.807) is 6.07 Å². The van der Waals surface area contributed by atoms with E-state index in [2.05, 4.69) is 4.84 Å². The van der Waals surface area contributed by atoms with E-state index in [0.29, 0.717) is 17.2 Å². The number of rotatable bonds is 1. The molecule has 4 nitrogen and oxygen atoms in total. The average Bonchev–Trinajstić information content (AvgIpc) is 2.68. The van der Waals surface area contributed by atoms with Crippen molar-refractivity contribution in [2.24, 2.45) is 5.90 Å². The van der Waals surface area contributed by atoms with Crippen molar-refractivity contribution in [2.45, 2.75) is 0 Å². The molecule has 0 aromatic heterocycles. The van der Waals surface area contributed by atoms with Crippen molar-refractivity contribution in [1.29, 1.82) is 0 Å². The van der Waals surface area contributed by atoms with Gasteiger partial charge in [0, 0.05) is 0 Å². The van der Waals surface area contributed by atoms with Crippen LogP contribution in [0.5, 0.6) is 23.0 Å². The third kappa shape index (κ3) is 0.534. The first-order valence-electron chi connectivity index (χ1n) is 2.73. The Hall–Kier alpha value is -1.42. The van der Waals surface area contributed by atoms with Crippen molar-refractivity contribution in [3.05, 3.63) is 12.1 Å². The molecule has 1 aliphatic heterocycles. The van der Waals surface area contributed by atoms with E-state index in [1.807, 2.05) is 0 Å². The lowest BCUT2D eigenvalue weighted by molar-refractivity contribution is 0.331. The first-order chi connectivity index (χ1) is 4.83. The highest BCUT2D eigenvalue weighted by molar-refractivity contribution is 5.69. The highest BCUT2D eigenvalue weighted by atomic mass is 16.6. The smallest absolute Gasteiger partial charge is 0.218 e. The van der Waals surface area contributed by atoms with Gasteiger partial charge in [-0.2, -0.15) is 5.90 Å². The number of phenolic OH excluding ortho intramolecular Hbond substituents is 1. The highest BCUT2D eigenvalue weighted by Crippen LogP contribution is 2.57. The Morgan fingerprint density at radius 2 is 2.20 bits per heavy atom. The predicted octanol–water partition coefficient (Wildman–Crippen LogP) is 0.750. The molecule has 0 spiro atoms. The second-order valence-corrected chi connectivity index (χ2v) is 1.96. The molecule has 52 valence electrons. The van der Waals surface area contributed by atoms with Gasteiger partial charge in [0.25, 0.3) is 0 Å². The topological polar surface area (TPSA) is 68.0 Å². The van der Waals surface area contributed by atoms with Crippen LogP contribution in [0, 0.1) is 0 Å². The van der Waals surface area contributed by atoms with Gasteiger partial charge in [-0.25, -0.2) is 0 Å². The molecule has 1 aromatic carbocycles. The van der Waals surface area contributed by atoms with Crippen molar-refractivity contribution in [3.63, 3.8) is 0 Å². The van der Waals surface area contributed by atoms with Crippen LogP contribution in [0.3, 0.4) is 0 Å². The zero-order valence-electron chi connectivity index (χ0n) is 5.00. The standard InChI is InChI=1S/C6H5NO3/c7-10-4-2-1-3(8)5-6(4)9-5/h1-2,8H,7H2. The maximum atomic E-state index is 8.97. The summed E-state index contributed by atoms with van der Waals surface area (Å²) in [6.45, 7) is 0. The molecule has 0 atom stereocenters. The molecule has 3 N–H and O–H groups in total. The van der Waals surface area contributed by atoms with Crippen molar-refractivity contribution in [3.8, 4) is 23.0 Å². The molecule has 0 saturated carbocycles. The van der Waals surface area contributed by atoms with Crippen LogP contribution in [0.2, 0.25) is 0 Å². The molecule has 0 saturated heterocycles. The van der Waals surface area contributed by atoms with Gasteiger partial charge in [-0.05, 0) is 12.1 Å². The summed E-state index contributed by atoms with van der Waals surface area (Å²) < 4.78 is 4.84. The SMILES string of the molecule is NOc1ccc(O)c2c1O2. The van der Waals surface area contributed by atoms with Gasteiger partial charge < -0.3 is 14.7 Å². The third-order valence-corrected chi connectivity index (χ3v) is 1.34. The van der Waals surface area contributed by atoms with Crippen molar-refractivity contribution < 1.29 is 14.7 Å². The van der Waals surface area contributed by atoms with Gasteiger partial charge in [-0.3, -0.25) is 0 Å². The number of aromatic hydroxyl groups is 1. The Kier molecular flexibility index (Phi) is 0.829. The normalized spacial score (nSPS) is 11.7. The molecule has 0 radical (unpaired) electrons. The van der Waals surface area contributed by atoms with Gasteiger partial charge in [-0.15, -0.1) is 0 Å². The predicted molar refractivity (Wildman–Crippen MR) is 33.0 cm³/mol. The molecule has 10 heavy (non-hydrogen) atoms. The highest BCUT2D eigenvalue weighted by Gasteiger charge is 2.30. The van der Waals surface area contributed by atoms with E-state index in [1.165, 1.54) is 6.07 Å². The fourth-order valence-corrected chi connectivity index (χ4v) is 0.806. The summed E-state index contributed by atoms with van der Waals surface area (Å²) in [4.78, 5) is 4.42. The van der Waals surface area contributed by atoms with Gasteiger partial charge in [0.15, 0.2) is 11.5 Å². The minimum absolute atomic E-state index is 0.121. The molecule has 1 aliphatic rings. The Balaban J connectivity index is 2.53. The summed E-state index contributed by atoms with van der Waals surface area (Å²) in [5, 5.41) is 8.97. The summed E-state index contributed by atoms with van der Waals surface area (Å²) in [5.41, 5.74) is 0. The molecule has 0 unspecified atom stereocenters. The maximum absolute atomic E-state index is 8.97. The number of fused-ring (bicyclic) bond motifs is 1. The lowest BCUT2D eigenvalue weighted by Gasteiger charge is -1.90. The monoisotopic (exact) mass is 139 g/mol. The zero-order valence-corrected chi connectivity index (χ0v) is 5.00. The zero-order chi connectivity index (χ0) is 7.14. The molecule has 0 aliphatic carbocycles. The van der Waals surface area contributed by atoms with Crippen LogP contribution in [0.4, 0.5) is 0 Å². The summed E-state index contributed by atoms with van der Waals surface area (Å²) >= 11 is 0. The van der Waals surface area contributed by atoms with Crippen LogP contribution >= 0.6 is 0 Å². The number of hydrogen-bond acceptors (Lipinski definition) is 4. The summed E-state index contributed by atoms with van der Waals surface area (Å²) in [6, 6.07) is 3.01. The summed E-state index contributed by atoms with van der Waals surface area (Å²) in [5.74, 6) is 6.44. The van der Waals surface area contributed by atoms with Gasteiger partial charge in [-0.1, -0.05) is 0 Å². The molecule has 0 bridgehead atoms. The van der Waals surface area contributed by atoms with Gasteiger partial charge >= 0.3 is 0 Å². The van der Waals surface area contributed by atoms with E-state index in [0.717, 1.165) is 0 Å². The van der Waals surface area contributed by atoms with Crippen LogP contribution in [0.1, 0.15) is 0 Å². The van der Waals surface area contributed by atoms with Crippen LogP contribution < -0.4 is 15.5 Å². The number of nitrogens with two attached hydrogens (primary N) is 1.